The summed E-state index contributed by atoms with van der Waals surface area (Å²) in [6.07, 6.45) is 6.56. The van der Waals surface area contributed by atoms with Crippen LogP contribution in [-0.4, -0.2) is 15.0 Å². The van der Waals surface area contributed by atoms with Crippen LogP contribution in [0.15, 0.2) is 146 Å². The Hall–Kier alpha value is -6.18. The molecule has 1 heterocycles. The molecule has 0 radical (unpaired) electrons. The molecule has 0 unspecified atom stereocenters. The van der Waals surface area contributed by atoms with Gasteiger partial charge in [0.05, 0.1) is 11.6 Å². The summed E-state index contributed by atoms with van der Waals surface area (Å²) < 4.78 is 0. The Balaban J connectivity index is 1.04. The van der Waals surface area contributed by atoms with Crippen LogP contribution in [0.4, 0.5) is 0 Å². The fourth-order valence-electron chi connectivity index (χ4n) is 11.2. The lowest BCUT2D eigenvalue weighted by Gasteiger charge is -2.61. The highest BCUT2D eigenvalue weighted by Crippen LogP contribution is 2.70. The maximum Gasteiger partial charge on any atom is 0.164 e. The molecule has 0 atom stereocenters. The molecule has 6 aromatic carbocycles. The first-order valence-corrected chi connectivity index (χ1v) is 19.4. The van der Waals surface area contributed by atoms with E-state index < -0.39 is 0 Å². The van der Waals surface area contributed by atoms with Crippen molar-refractivity contribution in [1.82, 2.24) is 15.0 Å². The van der Waals surface area contributed by atoms with Crippen molar-refractivity contribution in [2.45, 2.75) is 37.5 Å². The van der Waals surface area contributed by atoms with Crippen molar-refractivity contribution in [3.63, 3.8) is 0 Å². The predicted molar refractivity (Wildman–Crippen MR) is 215 cm³/mol. The summed E-state index contributed by atoms with van der Waals surface area (Å²) in [6, 6.07) is 53.9. The monoisotopic (exact) mass is 694 g/mol. The Kier molecular flexibility index (Phi) is 7.07. The molecule has 258 valence electrons. The third-order valence-electron chi connectivity index (χ3n) is 13.2. The third-order valence-corrected chi connectivity index (χ3v) is 13.2. The fourth-order valence-corrected chi connectivity index (χ4v) is 11.2. The van der Waals surface area contributed by atoms with E-state index in [1.54, 1.807) is 0 Å². The van der Waals surface area contributed by atoms with Crippen molar-refractivity contribution in [2.24, 2.45) is 23.7 Å². The second-order valence-electron chi connectivity index (χ2n) is 15.9. The lowest BCUT2D eigenvalue weighted by atomic mass is 9.42. The average Bonchev–Trinajstić information content (AvgIpc) is 3.53. The number of rotatable bonds is 5. The van der Waals surface area contributed by atoms with E-state index in [0.717, 1.165) is 45.2 Å². The lowest BCUT2D eigenvalue weighted by Crippen LogP contribution is -2.55. The summed E-state index contributed by atoms with van der Waals surface area (Å²) in [5, 5.41) is 10.5. The molecule has 4 fully saturated rings. The van der Waals surface area contributed by atoms with E-state index in [0.29, 0.717) is 29.3 Å². The molecule has 4 bridgehead atoms. The first-order chi connectivity index (χ1) is 26.7. The molecule has 5 aliphatic carbocycles. The van der Waals surface area contributed by atoms with Crippen LogP contribution >= 0.6 is 0 Å². The zero-order valence-electron chi connectivity index (χ0n) is 30.0. The fraction of sp³-hybridized carbons (Fsp3) is 0.200. The van der Waals surface area contributed by atoms with Gasteiger partial charge in [0.1, 0.15) is 0 Å². The molecular weight excluding hydrogens is 657 g/mol. The summed E-state index contributed by atoms with van der Waals surface area (Å²) in [6.45, 7) is 0. The molecule has 0 aliphatic heterocycles. The molecule has 7 aromatic rings. The summed E-state index contributed by atoms with van der Waals surface area (Å²) in [5.74, 6) is 4.83. The minimum Gasteiger partial charge on any atom is -0.208 e. The first-order valence-electron chi connectivity index (χ1n) is 19.4. The minimum atomic E-state index is -0.0847. The number of hydrogen-bond donors (Lipinski definition) is 0. The van der Waals surface area contributed by atoms with Gasteiger partial charge < -0.3 is 0 Å². The van der Waals surface area contributed by atoms with Crippen LogP contribution in [0, 0.1) is 35.0 Å². The van der Waals surface area contributed by atoms with Crippen LogP contribution in [0.3, 0.4) is 0 Å². The van der Waals surface area contributed by atoms with Gasteiger partial charge in [-0.25, -0.2) is 15.0 Å². The number of benzene rings is 6. The minimum absolute atomic E-state index is 0.0847. The van der Waals surface area contributed by atoms with Crippen LogP contribution < -0.4 is 0 Å². The maximum absolute atomic E-state index is 10.5. The molecule has 0 amide bonds. The smallest absolute Gasteiger partial charge is 0.164 e. The van der Waals surface area contributed by atoms with Crippen molar-refractivity contribution in [3.8, 4) is 73.6 Å². The molecule has 4 nitrogen and oxygen atoms in total. The van der Waals surface area contributed by atoms with Gasteiger partial charge in [-0.05, 0) is 107 Å². The van der Waals surface area contributed by atoms with Gasteiger partial charge in [0.25, 0.3) is 0 Å². The van der Waals surface area contributed by atoms with E-state index in [2.05, 4.69) is 91.0 Å². The Morgan fingerprint density at radius 1 is 0.463 bits per heavy atom. The number of fused-ring (bicyclic) bond motifs is 3. The molecule has 54 heavy (non-hydrogen) atoms. The molecule has 1 aromatic heterocycles. The number of hydrogen-bond acceptors (Lipinski definition) is 4. The number of aromatic nitrogens is 3. The summed E-state index contributed by atoms with van der Waals surface area (Å²) in [4.78, 5) is 14.8. The van der Waals surface area contributed by atoms with Gasteiger partial charge in [0.15, 0.2) is 17.5 Å². The summed E-state index contributed by atoms with van der Waals surface area (Å²) in [5.41, 5.74) is 13.9. The summed E-state index contributed by atoms with van der Waals surface area (Å²) >= 11 is 0. The van der Waals surface area contributed by atoms with Crippen LogP contribution in [0.25, 0.3) is 67.5 Å². The number of nitrogens with zero attached hydrogens (tertiary/aromatic N) is 4. The normalized spacial score (nSPS) is 22.9. The van der Waals surface area contributed by atoms with Gasteiger partial charge in [-0.15, -0.1) is 0 Å². The van der Waals surface area contributed by atoms with Crippen LogP contribution in [0.2, 0.25) is 0 Å². The van der Waals surface area contributed by atoms with Gasteiger partial charge in [-0.2, -0.15) is 5.26 Å². The van der Waals surface area contributed by atoms with Gasteiger partial charge >= 0.3 is 0 Å². The van der Waals surface area contributed by atoms with E-state index in [9.17, 15) is 5.26 Å². The van der Waals surface area contributed by atoms with Crippen LogP contribution in [0.1, 0.15) is 48.8 Å². The topological polar surface area (TPSA) is 62.5 Å². The standard InChI is InChI=1S/C50H38N4/c51-30-39-21-23-43-42-22-20-38(29-44(42)50(46(43)45(39)34-10-4-1-5-11-34)40-25-31-24-32(27-40)28-41(50)26-31)33-16-18-37(19-17-33)49-53-47(35-12-6-2-7-13-35)52-48(54-49)36-14-8-3-9-15-36/h1-23,29,31-32,40-41H,24-28H2. The van der Waals surface area contributed by atoms with E-state index >= 15 is 0 Å². The highest BCUT2D eigenvalue weighted by Gasteiger charge is 2.62. The van der Waals surface area contributed by atoms with Crippen molar-refractivity contribution < 1.29 is 0 Å². The lowest BCUT2D eigenvalue weighted by molar-refractivity contribution is -0.0397. The van der Waals surface area contributed by atoms with Crippen LogP contribution in [-0.2, 0) is 5.41 Å². The van der Waals surface area contributed by atoms with Crippen LogP contribution in [0.5, 0.6) is 0 Å². The quantitative estimate of drug-likeness (QED) is 0.180. The van der Waals surface area contributed by atoms with Crippen molar-refractivity contribution in [1.29, 1.82) is 5.26 Å². The Morgan fingerprint density at radius 2 is 0.926 bits per heavy atom. The summed E-state index contributed by atoms with van der Waals surface area (Å²) in [7, 11) is 0. The Labute approximate surface area is 316 Å². The largest absolute Gasteiger partial charge is 0.208 e. The van der Waals surface area contributed by atoms with E-state index in [4.69, 9.17) is 15.0 Å². The predicted octanol–water partition coefficient (Wildman–Crippen LogP) is 11.8. The van der Waals surface area contributed by atoms with Crippen molar-refractivity contribution >= 4 is 0 Å². The molecule has 4 saturated carbocycles. The zero-order valence-corrected chi connectivity index (χ0v) is 30.0. The molecule has 1 spiro atoms. The average molecular weight is 695 g/mol. The van der Waals surface area contributed by atoms with Gasteiger partial charge in [0, 0.05) is 27.7 Å². The highest BCUT2D eigenvalue weighted by molar-refractivity contribution is 5.92. The van der Waals surface area contributed by atoms with Gasteiger partial charge in [-0.1, -0.05) is 133 Å². The van der Waals surface area contributed by atoms with E-state index in [1.807, 2.05) is 60.7 Å². The Bertz CT molecular complexity index is 2520. The molecule has 5 aliphatic rings. The molecular formula is C50H38N4. The number of nitriles is 1. The molecule has 0 N–H and O–H groups in total. The second-order valence-corrected chi connectivity index (χ2v) is 15.9. The third kappa shape index (κ3) is 4.71. The van der Waals surface area contributed by atoms with Crippen molar-refractivity contribution in [2.75, 3.05) is 0 Å². The molecule has 0 saturated heterocycles. The SMILES string of the molecule is N#Cc1ccc2c(c1-c1ccccc1)C1(c3cc(-c4ccc(-c5nc(-c6ccccc6)nc(-c6ccccc6)n5)cc4)ccc3-2)C2CC3CC(C2)CC1C3. The van der Waals surface area contributed by atoms with Crippen molar-refractivity contribution in [3.05, 3.63) is 162 Å². The first kappa shape index (κ1) is 31.4. The molecule has 12 rings (SSSR count). The van der Waals surface area contributed by atoms with Gasteiger partial charge in [0.2, 0.25) is 0 Å². The highest BCUT2D eigenvalue weighted by atomic mass is 15.0. The van der Waals surface area contributed by atoms with Gasteiger partial charge in [-0.3, -0.25) is 0 Å². The maximum atomic E-state index is 10.5. The second kappa shape index (κ2) is 12.2. The Morgan fingerprint density at radius 3 is 1.46 bits per heavy atom. The van der Waals surface area contributed by atoms with E-state index in [-0.39, 0.29) is 5.41 Å². The molecule has 4 heteroatoms. The zero-order chi connectivity index (χ0) is 35.8. The van der Waals surface area contributed by atoms with E-state index in [1.165, 1.54) is 65.5 Å².